The number of anilines is 2. The van der Waals surface area contributed by atoms with Crippen LogP contribution in [0, 0.1) is 13.8 Å². The van der Waals surface area contributed by atoms with Gasteiger partial charge in [0.15, 0.2) is 5.13 Å². The summed E-state index contributed by atoms with van der Waals surface area (Å²) in [6.07, 6.45) is 1.86. The molecule has 2 heterocycles. The molecule has 0 unspecified atom stereocenters. The van der Waals surface area contributed by atoms with Crippen molar-refractivity contribution in [2.45, 2.75) is 27.2 Å². The number of rotatable bonds is 5. The van der Waals surface area contributed by atoms with Gasteiger partial charge in [0, 0.05) is 34.5 Å². The Bertz CT molecular complexity index is 1240. The Morgan fingerprint density at radius 2 is 1.80 bits per heavy atom. The van der Waals surface area contributed by atoms with E-state index in [4.69, 9.17) is 4.42 Å². The largest absolute Gasteiger partial charge is 0.464 e. The Hall–Kier alpha value is -3.45. The lowest BCUT2D eigenvalue weighted by Gasteiger charge is -2.03. The molecular weight excluding hydrogens is 398 g/mol. The average molecular weight is 420 g/mol. The van der Waals surface area contributed by atoms with Gasteiger partial charge < -0.3 is 15.1 Å². The van der Waals surface area contributed by atoms with Gasteiger partial charge in [-0.05, 0) is 49.2 Å². The fraction of sp³-hybridized carbons (Fsp3) is 0.174. The van der Waals surface area contributed by atoms with Crippen molar-refractivity contribution in [2.75, 3.05) is 10.6 Å². The maximum atomic E-state index is 12.5. The molecule has 2 aromatic carbocycles. The number of carbonyl (C=O) groups is 2. The molecule has 0 spiro atoms. The van der Waals surface area contributed by atoms with Gasteiger partial charge in [0.05, 0.1) is 18.4 Å². The zero-order valence-corrected chi connectivity index (χ0v) is 17.7. The van der Waals surface area contributed by atoms with Crippen LogP contribution in [0.3, 0.4) is 0 Å². The molecule has 2 amide bonds. The first-order valence-corrected chi connectivity index (χ1v) is 10.4. The number of carbonyl (C=O) groups excluding carboxylic acids is 2. The molecule has 4 rings (SSSR count). The highest BCUT2D eigenvalue weighted by molar-refractivity contribution is 7.14. The summed E-state index contributed by atoms with van der Waals surface area (Å²) >= 11 is 1.37. The quantitative estimate of drug-likeness (QED) is 0.459. The lowest BCUT2D eigenvalue weighted by Crippen LogP contribution is -2.14. The fourth-order valence-corrected chi connectivity index (χ4v) is 3.94. The topological polar surface area (TPSA) is 84.2 Å². The number of amides is 2. The van der Waals surface area contributed by atoms with E-state index in [9.17, 15) is 9.59 Å². The SMILES string of the molecule is CC(=O)Nc1ccc(-c2csc(NC(=O)Cc3coc4cc(C)c(C)cc34)n2)cc1. The van der Waals surface area contributed by atoms with E-state index in [-0.39, 0.29) is 18.2 Å². The Morgan fingerprint density at radius 1 is 1.07 bits per heavy atom. The molecule has 6 nitrogen and oxygen atoms in total. The van der Waals surface area contributed by atoms with E-state index < -0.39 is 0 Å². The van der Waals surface area contributed by atoms with Crippen LogP contribution in [0.5, 0.6) is 0 Å². The van der Waals surface area contributed by atoms with Gasteiger partial charge in [-0.15, -0.1) is 11.3 Å². The van der Waals surface area contributed by atoms with Crippen LogP contribution in [0.25, 0.3) is 22.2 Å². The van der Waals surface area contributed by atoms with E-state index in [1.165, 1.54) is 23.8 Å². The third kappa shape index (κ3) is 4.26. The summed E-state index contributed by atoms with van der Waals surface area (Å²) in [7, 11) is 0. The molecule has 0 aliphatic carbocycles. The summed E-state index contributed by atoms with van der Waals surface area (Å²) in [6, 6.07) is 11.5. The molecule has 152 valence electrons. The number of nitrogens with one attached hydrogen (secondary N) is 2. The van der Waals surface area contributed by atoms with Crippen molar-refractivity contribution in [3.8, 4) is 11.3 Å². The number of furan rings is 1. The van der Waals surface area contributed by atoms with Gasteiger partial charge in [-0.1, -0.05) is 12.1 Å². The minimum atomic E-state index is -0.141. The standard InChI is InChI=1S/C23H21N3O3S/c1-13-8-19-17(11-29-21(19)9-14(13)2)10-22(28)26-23-25-20(12-30-23)16-4-6-18(7-5-16)24-15(3)27/h4-9,11-12H,10H2,1-3H3,(H,24,27)(H,25,26,28). The lowest BCUT2D eigenvalue weighted by molar-refractivity contribution is -0.116. The molecule has 0 bridgehead atoms. The predicted molar refractivity (Wildman–Crippen MR) is 120 cm³/mol. The minimum absolute atomic E-state index is 0.114. The van der Waals surface area contributed by atoms with Crippen LogP contribution in [0.15, 0.2) is 52.5 Å². The van der Waals surface area contributed by atoms with Gasteiger partial charge in [-0.3, -0.25) is 9.59 Å². The molecule has 4 aromatic rings. The van der Waals surface area contributed by atoms with Crippen LogP contribution in [-0.4, -0.2) is 16.8 Å². The molecule has 0 saturated carbocycles. The first kappa shape index (κ1) is 19.8. The molecule has 0 aliphatic rings. The van der Waals surface area contributed by atoms with E-state index in [1.54, 1.807) is 6.26 Å². The van der Waals surface area contributed by atoms with Crippen LogP contribution < -0.4 is 10.6 Å². The van der Waals surface area contributed by atoms with E-state index in [0.717, 1.165) is 39.0 Å². The van der Waals surface area contributed by atoms with Gasteiger partial charge in [-0.2, -0.15) is 0 Å². The molecule has 0 saturated heterocycles. The maximum absolute atomic E-state index is 12.5. The minimum Gasteiger partial charge on any atom is -0.464 e. The van der Waals surface area contributed by atoms with Gasteiger partial charge >= 0.3 is 0 Å². The Labute approximate surface area is 177 Å². The summed E-state index contributed by atoms with van der Waals surface area (Å²) in [6.45, 7) is 5.56. The number of nitrogens with zero attached hydrogens (tertiary/aromatic N) is 1. The van der Waals surface area contributed by atoms with E-state index in [2.05, 4.69) is 21.7 Å². The first-order valence-electron chi connectivity index (χ1n) is 9.50. The Kier molecular flexibility index (Phi) is 5.37. The van der Waals surface area contributed by atoms with E-state index >= 15 is 0 Å². The van der Waals surface area contributed by atoms with Gasteiger partial charge in [-0.25, -0.2) is 4.98 Å². The third-order valence-electron chi connectivity index (χ3n) is 4.87. The zero-order chi connectivity index (χ0) is 21.3. The van der Waals surface area contributed by atoms with Gasteiger partial charge in [0.25, 0.3) is 0 Å². The molecule has 2 aromatic heterocycles. The molecule has 2 N–H and O–H groups in total. The summed E-state index contributed by atoms with van der Waals surface area (Å²) < 4.78 is 5.61. The van der Waals surface area contributed by atoms with Gasteiger partial charge in [0.1, 0.15) is 5.58 Å². The number of fused-ring (bicyclic) bond motifs is 1. The first-order chi connectivity index (χ1) is 14.4. The highest BCUT2D eigenvalue weighted by Crippen LogP contribution is 2.28. The van der Waals surface area contributed by atoms with Crippen LogP contribution in [0.4, 0.5) is 10.8 Å². The lowest BCUT2D eigenvalue weighted by atomic mass is 10.0. The van der Waals surface area contributed by atoms with Crippen LogP contribution in [0.2, 0.25) is 0 Å². The van der Waals surface area contributed by atoms with Crippen molar-refractivity contribution < 1.29 is 14.0 Å². The number of hydrogen-bond donors (Lipinski definition) is 2. The number of aryl methyl sites for hydroxylation is 2. The number of thiazole rings is 1. The van der Waals surface area contributed by atoms with E-state index in [1.807, 2.05) is 49.6 Å². The highest BCUT2D eigenvalue weighted by Gasteiger charge is 2.14. The summed E-state index contributed by atoms with van der Waals surface area (Å²) in [5, 5.41) is 9.00. The fourth-order valence-electron chi connectivity index (χ4n) is 3.20. The molecule has 30 heavy (non-hydrogen) atoms. The molecule has 0 aliphatic heterocycles. The van der Waals surface area contributed by atoms with Crippen molar-refractivity contribution in [1.82, 2.24) is 4.98 Å². The third-order valence-corrected chi connectivity index (χ3v) is 5.63. The van der Waals surface area contributed by atoms with Crippen LogP contribution in [0.1, 0.15) is 23.6 Å². The summed E-state index contributed by atoms with van der Waals surface area (Å²) in [5.41, 5.74) is 6.38. The second-order valence-electron chi connectivity index (χ2n) is 7.21. The number of aromatic nitrogens is 1. The van der Waals surface area contributed by atoms with Crippen molar-refractivity contribution in [3.63, 3.8) is 0 Å². The number of benzene rings is 2. The van der Waals surface area contributed by atoms with Gasteiger partial charge in [0.2, 0.25) is 11.8 Å². The molecular formula is C23H21N3O3S. The second-order valence-corrected chi connectivity index (χ2v) is 8.07. The molecule has 0 fully saturated rings. The van der Waals surface area contributed by atoms with E-state index in [0.29, 0.717) is 5.13 Å². The Balaban J connectivity index is 1.44. The normalized spacial score (nSPS) is 10.9. The molecule has 7 heteroatoms. The van der Waals surface area contributed by atoms with Crippen LogP contribution in [-0.2, 0) is 16.0 Å². The van der Waals surface area contributed by atoms with Crippen LogP contribution >= 0.6 is 11.3 Å². The average Bonchev–Trinajstić information content (AvgIpc) is 3.30. The number of hydrogen-bond acceptors (Lipinski definition) is 5. The zero-order valence-electron chi connectivity index (χ0n) is 16.9. The maximum Gasteiger partial charge on any atom is 0.230 e. The smallest absolute Gasteiger partial charge is 0.230 e. The highest BCUT2D eigenvalue weighted by atomic mass is 32.1. The van der Waals surface area contributed by atoms with Crippen molar-refractivity contribution >= 4 is 44.9 Å². The Morgan fingerprint density at radius 3 is 2.53 bits per heavy atom. The van der Waals surface area contributed by atoms with Crippen molar-refractivity contribution in [3.05, 3.63) is 64.7 Å². The van der Waals surface area contributed by atoms with Crippen molar-refractivity contribution in [2.24, 2.45) is 0 Å². The molecule has 0 atom stereocenters. The monoisotopic (exact) mass is 419 g/mol. The van der Waals surface area contributed by atoms with Crippen molar-refractivity contribution in [1.29, 1.82) is 0 Å². The summed E-state index contributed by atoms with van der Waals surface area (Å²) in [5.74, 6) is -0.255. The second kappa shape index (κ2) is 8.12. The summed E-state index contributed by atoms with van der Waals surface area (Å²) in [4.78, 5) is 28.2. The molecule has 0 radical (unpaired) electrons. The predicted octanol–water partition coefficient (Wildman–Crippen LogP) is 5.31.